The van der Waals surface area contributed by atoms with E-state index in [0.29, 0.717) is 0 Å². The molecule has 5 aliphatic rings. The molecule has 2 saturated heterocycles. The molecule has 3 amide bonds. The zero-order valence-electron chi connectivity index (χ0n) is 48.2. The fraction of sp³-hybridized carbons (Fsp3) is 0.525. The summed E-state index contributed by atoms with van der Waals surface area (Å²) in [6.07, 6.45) is -19.3. The van der Waals surface area contributed by atoms with Crippen molar-refractivity contribution in [3.05, 3.63) is 119 Å². The molecule has 9 N–H and O–H groups in total. The predicted molar refractivity (Wildman–Crippen MR) is 295 cm³/mol. The number of rotatable bonds is 20. The molecule has 4 fully saturated rings. The Balaban J connectivity index is 1.13. The molecule has 3 aromatic carbocycles. The number of hydrogen-bond acceptors (Lipinski definition) is 22. The number of ether oxygens (including phenoxy) is 7. The molecule has 8 rings (SSSR count). The first-order valence-electron chi connectivity index (χ1n) is 28.3. The van der Waals surface area contributed by atoms with E-state index in [2.05, 4.69) is 16.0 Å². The molecule has 2 bridgehead atoms. The van der Waals surface area contributed by atoms with Crippen molar-refractivity contribution >= 4 is 53.4 Å². The lowest BCUT2D eigenvalue weighted by atomic mass is 9.44. The van der Waals surface area contributed by atoms with Crippen molar-refractivity contribution < 1.29 is 107 Å². The Bertz CT molecular complexity index is 3070. The van der Waals surface area contributed by atoms with Crippen LogP contribution in [0.25, 0.3) is 0 Å². The third-order valence-corrected chi connectivity index (χ3v) is 17.4. The zero-order chi connectivity index (χ0) is 62.6. The molecule has 0 aromatic heterocycles. The summed E-state index contributed by atoms with van der Waals surface area (Å²) in [6.45, 7) is 6.75. The van der Waals surface area contributed by atoms with Crippen molar-refractivity contribution in [3.8, 4) is 0 Å². The van der Waals surface area contributed by atoms with E-state index in [1.165, 1.54) is 64.1 Å². The molecule has 0 spiro atoms. The maximum Gasteiger partial charge on any atom is 0.350 e. The lowest BCUT2D eigenvalue weighted by molar-refractivity contribution is -0.346. The Morgan fingerprint density at radius 3 is 1.99 bits per heavy atom. The van der Waals surface area contributed by atoms with Gasteiger partial charge in [-0.05, 0) is 61.2 Å². The first-order chi connectivity index (χ1) is 40.7. The summed E-state index contributed by atoms with van der Waals surface area (Å²) in [5.74, 6) is -10.1. The Morgan fingerprint density at radius 1 is 0.767 bits per heavy atom. The summed E-state index contributed by atoms with van der Waals surface area (Å²) in [5, 5.41) is 74.2. The van der Waals surface area contributed by atoms with Crippen LogP contribution in [-0.2, 0) is 66.7 Å². The third kappa shape index (κ3) is 12.7. The van der Waals surface area contributed by atoms with Crippen molar-refractivity contribution in [2.24, 2.45) is 16.7 Å². The van der Waals surface area contributed by atoms with E-state index in [9.17, 15) is 64.2 Å². The Morgan fingerprint density at radius 2 is 1.40 bits per heavy atom. The topological polar surface area (TPSA) is 376 Å². The minimum absolute atomic E-state index is 0.00460. The summed E-state index contributed by atoms with van der Waals surface area (Å²) < 4.78 is 41.7. The van der Waals surface area contributed by atoms with Gasteiger partial charge in [-0.1, -0.05) is 80.6 Å². The van der Waals surface area contributed by atoms with Crippen LogP contribution < -0.4 is 16.0 Å². The number of esters is 5. The van der Waals surface area contributed by atoms with Crippen LogP contribution in [0.1, 0.15) is 112 Å². The summed E-state index contributed by atoms with van der Waals surface area (Å²) in [6, 6.07) is 20.4. The molecule has 0 radical (unpaired) electrons. The molecule has 86 heavy (non-hydrogen) atoms. The van der Waals surface area contributed by atoms with Crippen molar-refractivity contribution in [1.82, 2.24) is 16.0 Å². The number of aliphatic hydroxyl groups excluding tert-OH is 5. The third-order valence-electron chi connectivity index (χ3n) is 17.4. The highest BCUT2D eigenvalue weighted by atomic mass is 16.6. The second kappa shape index (κ2) is 26.2. The highest BCUT2D eigenvalue weighted by Gasteiger charge is 2.78. The van der Waals surface area contributed by atoms with Gasteiger partial charge in [-0.25, -0.2) is 9.59 Å². The second-order valence-electron chi connectivity index (χ2n) is 23.1. The van der Waals surface area contributed by atoms with Crippen LogP contribution in [0.2, 0.25) is 0 Å². The summed E-state index contributed by atoms with van der Waals surface area (Å²) in [7, 11) is 0. The molecular formula is C61H73N3O22. The number of benzene rings is 3. The van der Waals surface area contributed by atoms with Crippen LogP contribution in [0.5, 0.6) is 0 Å². The van der Waals surface area contributed by atoms with E-state index in [-0.39, 0.29) is 53.6 Å². The fourth-order valence-corrected chi connectivity index (χ4v) is 12.8. The van der Waals surface area contributed by atoms with Gasteiger partial charge in [0.2, 0.25) is 17.9 Å². The maximum atomic E-state index is 15.8. The van der Waals surface area contributed by atoms with Gasteiger partial charge in [0, 0.05) is 57.1 Å². The number of carbonyl (C=O) groups excluding carboxylic acids is 9. The van der Waals surface area contributed by atoms with Crippen LogP contribution >= 0.6 is 0 Å². The van der Waals surface area contributed by atoms with Crippen LogP contribution in [0.15, 0.2) is 102 Å². The van der Waals surface area contributed by atoms with Crippen molar-refractivity contribution in [2.75, 3.05) is 19.8 Å². The number of aliphatic hydroxyl groups is 6. The Labute approximate surface area is 494 Å². The average Bonchev–Trinajstić information content (AvgIpc) is 0.677. The zero-order valence-corrected chi connectivity index (χ0v) is 48.2. The first kappa shape index (κ1) is 64.5. The highest BCUT2D eigenvalue weighted by Crippen LogP contribution is 2.64. The van der Waals surface area contributed by atoms with Gasteiger partial charge in [-0.2, -0.15) is 0 Å². The van der Waals surface area contributed by atoms with Gasteiger partial charge in [0.15, 0.2) is 23.8 Å². The van der Waals surface area contributed by atoms with Gasteiger partial charge in [0.25, 0.3) is 5.91 Å². The second-order valence-corrected chi connectivity index (χ2v) is 23.1. The number of ketones is 1. The first-order valence-corrected chi connectivity index (χ1v) is 28.3. The van der Waals surface area contributed by atoms with Crippen molar-refractivity contribution in [2.45, 2.75) is 165 Å². The minimum atomic E-state index is -2.56. The lowest BCUT2D eigenvalue weighted by Gasteiger charge is -2.67. The Hall–Kier alpha value is -7.49. The number of nitrogens with one attached hydrogen (secondary N) is 3. The summed E-state index contributed by atoms with van der Waals surface area (Å²) in [4.78, 5) is 127. The highest BCUT2D eigenvalue weighted by molar-refractivity contribution is 5.96. The minimum Gasteiger partial charge on any atom is -0.455 e. The van der Waals surface area contributed by atoms with Crippen molar-refractivity contribution in [1.29, 1.82) is 0 Å². The lowest BCUT2D eigenvalue weighted by Crippen LogP contribution is -2.82. The van der Waals surface area contributed by atoms with E-state index in [0.717, 1.165) is 13.8 Å². The number of hydrogen-bond donors (Lipinski definition) is 9. The van der Waals surface area contributed by atoms with E-state index in [4.69, 9.17) is 33.2 Å². The molecule has 3 unspecified atom stereocenters. The molecule has 3 aliphatic carbocycles. The van der Waals surface area contributed by atoms with E-state index in [1.807, 2.05) is 0 Å². The van der Waals surface area contributed by atoms with E-state index < -0.39 is 187 Å². The average molecular weight is 1200 g/mol. The van der Waals surface area contributed by atoms with Gasteiger partial charge in [-0.15, -0.1) is 0 Å². The van der Waals surface area contributed by atoms with Crippen LogP contribution in [0.4, 0.5) is 0 Å². The number of amides is 3. The molecule has 464 valence electrons. The number of Topliss-reactive ketones (excluding diaryl/α,β-unsaturated/α-hetero) is 1. The molecular weight excluding hydrogens is 1130 g/mol. The van der Waals surface area contributed by atoms with E-state index >= 15 is 9.59 Å². The molecule has 3 aromatic rings. The molecule has 2 saturated carbocycles. The van der Waals surface area contributed by atoms with Crippen LogP contribution in [0.3, 0.4) is 0 Å². The molecule has 2 heterocycles. The number of carbonyl (C=O) groups is 9. The quantitative estimate of drug-likeness (QED) is 0.0328. The summed E-state index contributed by atoms with van der Waals surface area (Å²) in [5.41, 5.74) is -8.14. The van der Waals surface area contributed by atoms with Gasteiger partial charge in [0.1, 0.15) is 48.3 Å². The predicted octanol–water partition coefficient (Wildman–Crippen LogP) is 0.879. The summed E-state index contributed by atoms with van der Waals surface area (Å²) >= 11 is 0. The Kier molecular flexibility index (Phi) is 19.7. The smallest absolute Gasteiger partial charge is 0.350 e. The molecule has 25 heteroatoms. The largest absolute Gasteiger partial charge is 0.455 e. The van der Waals surface area contributed by atoms with Crippen LogP contribution in [0, 0.1) is 16.7 Å². The van der Waals surface area contributed by atoms with Crippen molar-refractivity contribution in [3.63, 3.8) is 0 Å². The fourth-order valence-electron chi connectivity index (χ4n) is 12.8. The van der Waals surface area contributed by atoms with Gasteiger partial charge in [-0.3, -0.25) is 33.6 Å². The molecule has 25 nitrogen and oxygen atoms in total. The van der Waals surface area contributed by atoms with Crippen LogP contribution in [-0.4, -0.2) is 182 Å². The van der Waals surface area contributed by atoms with Gasteiger partial charge >= 0.3 is 29.8 Å². The van der Waals surface area contributed by atoms with E-state index in [1.54, 1.807) is 54.6 Å². The van der Waals surface area contributed by atoms with Gasteiger partial charge in [0.05, 0.1) is 48.7 Å². The van der Waals surface area contributed by atoms with Gasteiger partial charge < -0.3 is 79.7 Å². The normalized spacial score (nSPS) is 31.4. The molecule has 16 atom stereocenters. The maximum absolute atomic E-state index is 15.8. The number of fused-ring (bicyclic) bond motifs is 5. The standard InChI is InChI=1S/C61H73N3O22/c1-31-37(28-61(79)53(85-55(76)36-21-14-9-15-22-36)51-59(6,39(68)27-40-60(51,30-80-40)86-33(3)67)52(74)49(81-32(2)66)44(31)58(61,4)5)82-57(78)50(45(34-17-10-7-11-18-34)64-54(75)35-19-12-8-13-20-35)84-43(71)25-24-41(69)62-26-16-23-42(70)63-46-47(72)38(29-65)83-56(77)48(46)73/h7-15,17-22,37-40,45-51,53,56,65,68,72-73,77,79H,16,23-30H2,1-6H3,(H,62,69)(H,63,70)(H,64,75)/t37-,38+,39-,40+,45-,46-,47+,48+,49+,50+,51?,53?,56?,59+,60-,61+/m0/s1. The monoisotopic (exact) mass is 1200 g/mol. The SMILES string of the molecule is CC(=O)O[C@H]1C(=O)[C@@]2(C)C(C(OC(=O)c3ccccc3)[C@]3(O)C[C@H](OC(=O)[C@H](OC(=O)CCC(=O)NCCCC(=O)N[C@H]4[C@H](O)[C@@H](CO)OC(O)[C@@H]4O)[C@@H](NC(=O)c4ccccc4)c4ccccc4)C(C)=C1C3(C)C)[C@]1(OC(C)=O)CO[C@@H]1C[C@@H]2O. The molecule has 2 aliphatic heterocycles.